The van der Waals surface area contributed by atoms with Crippen molar-refractivity contribution in [3.63, 3.8) is 0 Å². The van der Waals surface area contributed by atoms with Crippen LogP contribution in [0.2, 0.25) is 0 Å². The van der Waals surface area contributed by atoms with Crippen LogP contribution in [0.3, 0.4) is 0 Å². The lowest BCUT2D eigenvalue weighted by molar-refractivity contribution is -0.385. The Morgan fingerprint density at radius 1 is 1.48 bits per heavy atom. The number of nitrogens with two attached hydrogens (primary N) is 1. The molecule has 0 saturated heterocycles. The molecule has 0 fully saturated rings. The molecule has 0 aliphatic rings. The fourth-order valence-electron chi connectivity index (χ4n) is 1.45. The minimum absolute atomic E-state index is 0.0470. The van der Waals surface area contributed by atoms with Gasteiger partial charge >= 0.3 is 5.69 Å². The van der Waals surface area contributed by atoms with Crippen molar-refractivity contribution in [2.45, 2.75) is 0 Å². The lowest BCUT2D eigenvalue weighted by Crippen LogP contribution is -2.10. The molecule has 1 aromatic heterocycles. The molecule has 1 heterocycles. The van der Waals surface area contributed by atoms with Gasteiger partial charge in [0.2, 0.25) is 11.6 Å². The van der Waals surface area contributed by atoms with Gasteiger partial charge in [-0.05, 0) is 28.1 Å². The molecule has 21 heavy (non-hydrogen) atoms. The molecule has 0 spiro atoms. The summed E-state index contributed by atoms with van der Waals surface area (Å²) in [7, 11) is 0. The van der Waals surface area contributed by atoms with Crippen LogP contribution in [0.5, 0.6) is 11.6 Å². The largest absolute Gasteiger partial charge is 0.430 e. The van der Waals surface area contributed by atoms with E-state index in [1.54, 1.807) is 0 Å². The van der Waals surface area contributed by atoms with E-state index in [0.717, 1.165) is 6.07 Å². The number of nitrogens with one attached hydrogen (secondary N) is 1. The van der Waals surface area contributed by atoms with Crippen LogP contribution in [-0.2, 0) is 0 Å². The second-order valence-electron chi connectivity index (χ2n) is 3.64. The van der Waals surface area contributed by atoms with Crippen LogP contribution >= 0.6 is 15.9 Å². The summed E-state index contributed by atoms with van der Waals surface area (Å²) in [5, 5.41) is 19.8. The third-order valence-corrected chi connectivity index (χ3v) is 3.10. The van der Waals surface area contributed by atoms with E-state index in [0.29, 0.717) is 4.47 Å². The Hall–Kier alpha value is -2.77. The van der Waals surface area contributed by atoms with Gasteiger partial charge in [-0.25, -0.2) is 15.8 Å². The molecule has 0 saturated carbocycles. The SMILES string of the molecule is N#Cc1ccc(Oc2ncnc(NN)c2Br)c([N+](=O)[O-])c1. The average Bonchev–Trinajstić information content (AvgIpc) is 2.49. The van der Waals surface area contributed by atoms with E-state index < -0.39 is 4.92 Å². The van der Waals surface area contributed by atoms with Crippen LogP contribution < -0.4 is 16.0 Å². The van der Waals surface area contributed by atoms with Gasteiger partial charge in [-0.2, -0.15) is 5.26 Å². The topological polar surface area (TPSA) is 140 Å². The molecule has 9 nitrogen and oxygen atoms in total. The van der Waals surface area contributed by atoms with Crippen LogP contribution in [0.25, 0.3) is 0 Å². The molecule has 0 aliphatic carbocycles. The molecule has 0 radical (unpaired) electrons. The predicted molar refractivity (Wildman–Crippen MR) is 75.4 cm³/mol. The standard InChI is InChI=1S/C11H7BrN6O3/c12-9-10(17-14)15-5-16-11(9)21-8-2-1-6(4-13)3-7(8)18(19)20/h1-3,5H,14H2,(H,15,16,17). The average molecular weight is 351 g/mol. The number of nitro groups is 1. The van der Waals surface area contributed by atoms with Crippen molar-refractivity contribution in [1.82, 2.24) is 9.97 Å². The first-order chi connectivity index (χ1) is 10.1. The summed E-state index contributed by atoms with van der Waals surface area (Å²) in [5.74, 6) is 5.51. The molecular formula is C11H7BrN6O3. The van der Waals surface area contributed by atoms with E-state index >= 15 is 0 Å². The number of rotatable bonds is 4. The highest BCUT2D eigenvalue weighted by Gasteiger charge is 2.19. The number of nitrogen functional groups attached to an aromatic ring is 1. The zero-order valence-electron chi connectivity index (χ0n) is 10.3. The van der Waals surface area contributed by atoms with E-state index in [1.165, 1.54) is 18.5 Å². The molecule has 0 amide bonds. The number of nitrogens with zero attached hydrogens (tertiary/aromatic N) is 4. The van der Waals surface area contributed by atoms with E-state index in [1.807, 2.05) is 6.07 Å². The summed E-state index contributed by atoms with van der Waals surface area (Å²) in [6.07, 6.45) is 1.19. The molecule has 0 aliphatic heterocycles. The molecule has 106 valence electrons. The smallest absolute Gasteiger partial charge is 0.312 e. The first kappa shape index (κ1) is 14.6. The maximum Gasteiger partial charge on any atom is 0.312 e. The van der Waals surface area contributed by atoms with Gasteiger partial charge in [0.1, 0.15) is 10.8 Å². The van der Waals surface area contributed by atoms with Gasteiger partial charge < -0.3 is 10.2 Å². The molecule has 0 atom stereocenters. The zero-order valence-corrected chi connectivity index (χ0v) is 11.9. The Kier molecular flexibility index (Phi) is 4.27. The minimum Gasteiger partial charge on any atom is -0.430 e. The van der Waals surface area contributed by atoms with Crippen LogP contribution in [-0.4, -0.2) is 14.9 Å². The summed E-state index contributed by atoms with van der Waals surface area (Å²) < 4.78 is 5.71. The van der Waals surface area contributed by atoms with Crippen molar-refractivity contribution in [2.24, 2.45) is 5.84 Å². The van der Waals surface area contributed by atoms with Crippen molar-refractivity contribution >= 4 is 27.4 Å². The van der Waals surface area contributed by atoms with E-state index in [4.69, 9.17) is 15.8 Å². The number of nitriles is 1. The molecular weight excluding hydrogens is 344 g/mol. The quantitative estimate of drug-likeness (QED) is 0.485. The molecule has 1 aromatic carbocycles. The summed E-state index contributed by atoms with van der Waals surface area (Å²) in [6, 6.07) is 5.66. The van der Waals surface area contributed by atoms with Crippen LogP contribution in [0.15, 0.2) is 29.0 Å². The van der Waals surface area contributed by atoms with Crippen molar-refractivity contribution in [3.05, 3.63) is 44.7 Å². The Morgan fingerprint density at radius 3 is 2.86 bits per heavy atom. The Bertz CT molecular complexity index is 745. The third-order valence-electron chi connectivity index (χ3n) is 2.39. The number of ether oxygens (including phenoxy) is 1. The second-order valence-corrected chi connectivity index (χ2v) is 4.43. The van der Waals surface area contributed by atoms with Crippen molar-refractivity contribution < 1.29 is 9.66 Å². The lowest BCUT2D eigenvalue weighted by Gasteiger charge is -2.09. The summed E-state index contributed by atoms with van der Waals surface area (Å²) in [4.78, 5) is 18.1. The number of benzene rings is 1. The first-order valence-electron chi connectivity index (χ1n) is 5.40. The van der Waals surface area contributed by atoms with Crippen LogP contribution in [0, 0.1) is 21.4 Å². The van der Waals surface area contributed by atoms with Crippen molar-refractivity contribution in [3.8, 4) is 17.7 Å². The number of hydrazine groups is 1. The van der Waals surface area contributed by atoms with E-state index in [9.17, 15) is 10.1 Å². The molecule has 2 rings (SSSR count). The van der Waals surface area contributed by atoms with Gasteiger partial charge in [-0.15, -0.1) is 0 Å². The lowest BCUT2D eigenvalue weighted by atomic mass is 10.2. The van der Waals surface area contributed by atoms with Gasteiger partial charge in [0.05, 0.1) is 16.6 Å². The summed E-state index contributed by atoms with van der Waals surface area (Å²) in [6.45, 7) is 0. The van der Waals surface area contributed by atoms with Crippen LogP contribution in [0.4, 0.5) is 11.5 Å². The number of hydrogen-bond acceptors (Lipinski definition) is 8. The summed E-state index contributed by atoms with van der Waals surface area (Å²) in [5.41, 5.74) is 2.13. The molecule has 2 aromatic rings. The predicted octanol–water partition coefficient (Wildman–Crippen LogP) is 2.10. The first-order valence-corrected chi connectivity index (χ1v) is 6.19. The molecule has 3 N–H and O–H groups in total. The van der Waals surface area contributed by atoms with Gasteiger partial charge in [-0.3, -0.25) is 10.1 Å². The highest BCUT2D eigenvalue weighted by Crippen LogP contribution is 2.36. The van der Waals surface area contributed by atoms with Crippen molar-refractivity contribution in [2.75, 3.05) is 5.43 Å². The third kappa shape index (κ3) is 3.04. The van der Waals surface area contributed by atoms with Gasteiger partial charge in [0, 0.05) is 6.07 Å². The monoisotopic (exact) mass is 350 g/mol. The molecule has 0 bridgehead atoms. The Labute approximate surface area is 126 Å². The maximum atomic E-state index is 11.0. The second kappa shape index (κ2) is 6.12. The fraction of sp³-hybridized carbons (Fsp3) is 0. The minimum atomic E-state index is -0.645. The van der Waals surface area contributed by atoms with E-state index in [-0.39, 0.29) is 28.7 Å². The van der Waals surface area contributed by atoms with Crippen molar-refractivity contribution in [1.29, 1.82) is 5.26 Å². The highest BCUT2D eigenvalue weighted by molar-refractivity contribution is 9.10. The number of halogens is 1. The highest BCUT2D eigenvalue weighted by atomic mass is 79.9. The maximum absolute atomic E-state index is 11.0. The number of hydrogen-bond donors (Lipinski definition) is 2. The normalized spacial score (nSPS) is 9.76. The Morgan fingerprint density at radius 2 is 2.24 bits per heavy atom. The molecule has 0 unspecified atom stereocenters. The van der Waals surface area contributed by atoms with Gasteiger partial charge in [0.15, 0.2) is 5.82 Å². The molecule has 10 heteroatoms. The number of anilines is 1. The fourth-order valence-corrected chi connectivity index (χ4v) is 1.85. The zero-order chi connectivity index (χ0) is 15.4. The summed E-state index contributed by atoms with van der Waals surface area (Å²) >= 11 is 3.17. The van der Waals surface area contributed by atoms with Crippen LogP contribution in [0.1, 0.15) is 5.56 Å². The Balaban J connectivity index is 2.45. The van der Waals surface area contributed by atoms with Gasteiger partial charge in [-0.1, -0.05) is 0 Å². The van der Waals surface area contributed by atoms with E-state index in [2.05, 4.69) is 31.3 Å². The number of nitro benzene ring substituents is 1. The number of aromatic nitrogens is 2. The van der Waals surface area contributed by atoms with Gasteiger partial charge in [0.25, 0.3) is 0 Å².